The third-order valence-electron chi connectivity index (χ3n) is 3.27. The van der Waals surface area contributed by atoms with Gasteiger partial charge in [-0.25, -0.2) is 19.6 Å². The number of hydrogen-bond acceptors (Lipinski definition) is 4. The van der Waals surface area contributed by atoms with Crippen LogP contribution in [0, 0.1) is 0 Å². The van der Waals surface area contributed by atoms with Crippen LogP contribution in [0.2, 0.25) is 0 Å². The van der Waals surface area contributed by atoms with Crippen molar-refractivity contribution in [3.8, 4) is 22.8 Å². The van der Waals surface area contributed by atoms with Crippen LogP contribution in [-0.4, -0.2) is 43.1 Å². The van der Waals surface area contributed by atoms with E-state index in [-0.39, 0.29) is 58.5 Å². The van der Waals surface area contributed by atoms with Crippen LogP contribution in [-0.2, 0) is 0 Å². The molecule has 0 bridgehead atoms. The van der Waals surface area contributed by atoms with Crippen molar-refractivity contribution in [1.29, 1.82) is 0 Å². The third-order valence-corrected chi connectivity index (χ3v) is 3.27. The lowest BCUT2D eigenvalue weighted by atomic mass is 10.1. The molecule has 8 N–H and O–H groups in total. The van der Waals surface area contributed by atoms with E-state index in [1.165, 1.54) is 12.4 Å². The summed E-state index contributed by atoms with van der Waals surface area (Å²) in [4.78, 5) is 36.7. The predicted molar refractivity (Wildman–Crippen MR) is 87.2 cm³/mol. The quantitative estimate of drug-likeness (QED) is 0.412. The summed E-state index contributed by atoms with van der Waals surface area (Å²) >= 11 is 0. The van der Waals surface area contributed by atoms with Crippen LogP contribution in [0.1, 0.15) is 21.0 Å². The molecule has 0 radical (unpaired) electrons. The second-order valence-corrected chi connectivity index (χ2v) is 4.79. The number of hydrogen-bond donors (Lipinski definition) is 2. The van der Waals surface area contributed by atoms with Gasteiger partial charge in [-0.2, -0.15) is 9.97 Å². The van der Waals surface area contributed by atoms with Gasteiger partial charge in [0.25, 0.3) is 0 Å². The molecule has 0 fully saturated rings. The number of aromatic carboxylic acids is 2. The normalized spacial score (nSPS) is 8.86. The lowest BCUT2D eigenvalue weighted by Crippen LogP contribution is -3.00. The van der Waals surface area contributed by atoms with Crippen molar-refractivity contribution in [2.24, 2.45) is 0 Å². The smallest absolute Gasteiger partial charge is 0.408 e. The van der Waals surface area contributed by atoms with Gasteiger partial charge in [-0.05, 0) is 24.3 Å². The Morgan fingerprint density at radius 3 is 1.32 bits per heavy atom. The molecular weight excluding hydrogens is 415 g/mol. The molecule has 0 aliphatic heterocycles. The molecule has 3 heterocycles. The Hall–Kier alpha value is -3.18. The summed E-state index contributed by atoms with van der Waals surface area (Å²) in [6.45, 7) is 0. The Bertz CT molecular complexity index is 852. The molecule has 3 rings (SSSR count). The Kier molecular flexibility index (Phi) is 11.1. The highest BCUT2D eigenvalue weighted by Crippen LogP contribution is 2.19. The summed E-state index contributed by atoms with van der Waals surface area (Å²) in [6, 6.07) is 9.86. The zero-order valence-corrected chi connectivity index (χ0v) is 15.5. The van der Waals surface area contributed by atoms with E-state index in [1.54, 1.807) is 36.4 Å². The van der Waals surface area contributed by atoms with Crippen molar-refractivity contribution < 1.29 is 65.5 Å². The van der Waals surface area contributed by atoms with Crippen molar-refractivity contribution >= 4 is 11.9 Å². The van der Waals surface area contributed by atoms with Crippen molar-refractivity contribution in [3.63, 3.8) is 0 Å². The average molecular weight is 431 g/mol. The van der Waals surface area contributed by atoms with Crippen LogP contribution < -0.4 is 34.8 Å². The molecule has 0 aliphatic carbocycles. The molecule has 0 spiro atoms. The maximum Gasteiger partial charge on any atom is 0.408 e. The lowest BCUT2D eigenvalue weighted by Gasteiger charge is -2.00. The Morgan fingerprint density at radius 2 is 1.07 bits per heavy atom. The van der Waals surface area contributed by atoms with E-state index < -0.39 is 11.9 Å². The van der Waals surface area contributed by atoms with E-state index in [0.29, 0.717) is 11.4 Å². The van der Waals surface area contributed by atoms with Gasteiger partial charge in [0.05, 0.1) is 0 Å². The van der Waals surface area contributed by atoms with Gasteiger partial charge in [-0.1, -0.05) is 12.1 Å². The number of rotatable bonds is 4. The number of halogens is 2. The minimum Gasteiger partial charge on any atom is -1.00 e. The van der Waals surface area contributed by atoms with E-state index in [4.69, 9.17) is 0 Å². The molecular formula is C16H16Cl2N4O6. The van der Waals surface area contributed by atoms with E-state index in [0.717, 1.165) is 0 Å². The molecule has 3 aromatic heterocycles. The molecule has 0 unspecified atom stereocenters. The fourth-order valence-electron chi connectivity index (χ4n) is 2.23. The molecule has 10 nitrogen and oxygen atoms in total. The topological polar surface area (TPSA) is 192 Å². The van der Waals surface area contributed by atoms with Gasteiger partial charge in [0.1, 0.15) is 11.4 Å². The zero-order chi connectivity index (χ0) is 17.1. The minimum atomic E-state index is -1.25. The maximum absolute atomic E-state index is 11.6. The Balaban J connectivity index is 0. The van der Waals surface area contributed by atoms with Crippen LogP contribution >= 0.6 is 0 Å². The number of aromatic amines is 2. The van der Waals surface area contributed by atoms with Crippen LogP contribution in [0.5, 0.6) is 0 Å². The van der Waals surface area contributed by atoms with Gasteiger partial charge in [0, 0.05) is 12.4 Å². The number of nitrogens with one attached hydrogen (secondary N) is 2. The molecule has 28 heavy (non-hydrogen) atoms. The molecule has 150 valence electrons. The monoisotopic (exact) mass is 430 g/mol. The van der Waals surface area contributed by atoms with Gasteiger partial charge >= 0.3 is 34.7 Å². The van der Waals surface area contributed by atoms with E-state index >= 15 is 0 Å². The predicted octanol–water partition coefficient (Wildman–Crippen LogP) is -6.81. The maximum atomic E-state index is 11.6. The highest BCUT2D eigenvalue weighted by molar-refractivity contribution is 5.92. The summed E-state index contributed by atoms with van der Waals surface area (Å²) in [5.74, 6) is -2.50. The lowest BCUT2D eigenvalue weighted by molar-refractivity contribution is -0.436. The standard InChI is InChI=1S/C16H10N4O4.2ClH.2H2O/c21-15(22)13-11(9-5-1-3-7-17-9)19-14(16(23)24)12(20-13)10-6-2-4-8-18-10;;;;/h1-8H,(H,21,22)(H,23,24);2*1H;2*1H2. The molecule has 0 amide bonds. The second-order valence-electron chi connectivity index (χ2n) is 4.79. The third kappa shape index (κ3) is 5.41. The van der Waals surface area contributed by atoms with Gasteiger partial charge < -0.3 is 46.0 Å². The molecule has 3 aromatic rings. The minimum absolute atomic E-state index is 0. The highest BCUT2D eigenvalue weighted by atomic mass is 35.5. The number of carboxylic acids is 2. The zero-order valence-electron chi connectivity index (χ0n) is 14.0. The molecule has 0 saturated carbocycles. The van der Waals surface area contributed by atoms with Crippen LogP contribution in [0.15, 0.2) is 48.8 Å². The van der Waals surface area contributed by atoms with Crippen LogP contribution in [0.25, 0.3) is 22.8 Å². The van der Waals surface area contributed by atoms with Crippen LogP contribution in [0.4, 0.5) is 0 Å². The first-order chi connectivity index (χ1) is 11.6. The van der Waals surface area contributed by atoms with Gasteiger partial charge in [0.15, 0.2) is 0 Å². The molecule has 0 saturated heterocycles. The molecule has 0 atom stereocenters. The second kappa shape index (κ2) is 11.5. The number of H-pyrrole nitrogens is 2. The number of carboxylic acid groups (broad SMARTS) is 2. The SMILES string of the molecule is O.O.O=C(O)c1[nH+]c(-c2ccccn2)c(C(=O)O)[nH+]c1-c1ccccn1.[Cl-].[Cl-]. The van der Waals surface area contributed by atoms with Crippen LogP contribution in [0.3, 0.4) is 0 Å². The Morgan fingerprint density at radius 1 is 0.714 bits per heavy atom. The summed E-state index contributed by atoms with van der Waals surface area (Å²) in [6.07, 6.45) is 2.98. The highest BCUT2D eigenvalue weighted by Gasteiger charge is 2.37. The average Bonchev–Trinajstić information content (AvgIpc) is 2.62. The Labute approximate surface area is 170 Å². The number of carbonyl (C=O) groups is 2. The first kappa shape index (κ1) is 27.0. The van der Waals surface area contributed by atoms with E-state index in [1.807, 2.05) is 0 Å². The molecule has 0 aromatic carbocycles. The van der Waals surface area contributed by atoms with Gasteiger partial charge in [0.2, 0.25) is 0 Å². The number of pyridine rings is 2. The van der Waals surface area contributed by atoms with Gasteiger partial charge in [-0.3, -0.25) is 0 Å². The summed E-state index contributed by atoms with van der Waals surface area (Å²) in [5, 5.41) is 19.0. The number of aromatic nitrogens is 4. The first-order valence-corrected chi connectivity index (χ1v) is 6.90. The first-order valence-electron chi connectivity index (χ1n) is 6.90. The van der Waals surface area contributed by atoms with Crippen molar-refractivity contribution in [1.82, 2.24) is 9.97 Å². The van der Waals surface area contributed by atoms with Crippen molar-refractivity contribution in [2.45, 2.75) is 0 Å². The van der Waals surface area contributed by atoms with E-state index in [9.17, 15) is 19.8 Å². The van der Waals surface area contributed by atoms with Crippen molar-refractivity contribution in [3.05, 3.63) is 60.2 Å². The summed E-state index contributed by atoms with van der Waals surface area (Å²) in [7, 11) is 0. The summed E-state index contributed by atoms with van der Waals surface area (Å²) in [5.41, 5.74) is 0.335. The van der Waals surface area contributed by atoms with E-state index in [2.05, 4.69) is 19.9 Å². The van der Waals surface area contributed by atoms with Crippen molar-refractivity contribution in [2.75, 3.05) is 0 Å². The fourth-order valence-corrected chi connectivity index (χ4v) is 2.23. The fraction of sp³-hybridized carbons (Fsp3) is 0. The molecule has 12 heteroatoms. The largest absolute Gasteiger partial charge is 1.00 e. The van der Waals surface area contributed by atoms with Gasteiger partial charge in [-0.15, -0.1) is 0 Å². The number of nitrogens with zero attached hydrogens (tertiary/aromatic N) is 2. The summed E-state index contributed by atoms with van der Waals surface area (Å²) < 4.78 is 0. The molecule has 0 aliphatic rings.